The van der Waals surface area contributed by atoms with Crippen LogP contribution in [0, 0.1) is 13.8 Å². The molecule has 7 heteroatoms. The molecule has 0 saturated carbocycles. The SMILES string of the molecule is CCn1c(NCc2c(C)nn(C)c2C)nc2sc3c(c2c1=O)CCCC3. The smallest absolute Gasteiger partial charge is 0.263 e. The lowest BCUT2D eigenvalue weighted by atomic mass is 9.97. The standard InChI is InChI=1S/C19H25N5OS/c1-5-24-18(25)16-13-8-6-7-9-15(13)26-17(16)21-19(24)20-10-14-11(2)22-23(4)12(14)3/h5-10H2,1-4H3,(H,20,21). The van der Waals surface area contributed by atoms with Gasteiger partial charge in [0.1, 0.15) is 4.83 Å². The molecule has 0 radical (unpaired) electrons. The maximum atomic E-state index is 13.1. The molecule has 0 saturated heterocycles. The van der Waals surface area contributed by atoms with Crippen molar-refractivity contribution >= 4 is 27.5 Å². The number of fused-ring (bicyclic) bond motifs is 3. The van der Waals surface area contributed by atoms with Gasteiger partial charge in [0, 0.05) is 36.3 Å². The molecule has 1 N–H and O–H groups in total. The van der Waals surface area contributed by atoms with Gasteiger partial charge in [-0.3, -0.25) is 14.0 Å². The van der Waals surface area contributed by atoms with E-state index >= 15 is 0 Å². The predicted molar refractivity (Wildman–Crippen MR) is 106 cm³/mol. The first-order chi connectivity index (χ1) is 12.5. The molecule has 0 spiro atoms. The number of nitrogens with one attached hydrogen (secondary N) is 1. The maximum absolute atomic E-state index is 13.1. The van der Waals surface area contributed by atoms with Gasteiger partial charge in [0.2, 0.25) is 5.95 Å². The van der Waals surface area contributed by atoms with Crippen molar-refractivity contribution in [3.05, 3.63) is 37.7 Å². The Morgan fingerprint density at radius 1 is 1.23 bits per heavy atom. The van der Waals surface area contributed by atoms with Gasteiger partial charge in [0.05, 0.1) is 11.1 Å². The molecule has 3 heterocycles. The zero-order valence-electron chi connectivity index (χ0n) is 15.8. The molecule has 0 bridgehead atoms. The van der Waals surface area contributed by atoms with E-state index in [-0.39, 0.29) is 5.56 Å². The Morgan fingerprint density at radius 2 is 2.00 bits per heavy atom. The second-order valence-corrected chi connectivity index (χ2v) is 8.09. The summed E-state index contributed by atoms with van der Waals surface area (Å²) in [6.07, 6.45) is 4.48. The van der Waals surface area contributed by atoms with Gasteiger partial charge in [0.25, 0.3) is 5.56 Å². The molecule has 0 aromatic carbocycles. The fourth-order valence-electron chi connectivity index (χ4n) is 3.91. The highest BCUT2D eigenvalue weighted by Gasteiger charge is 2.22. The van der Waals surface area contributed by atoms with E-state index in [1.165, 1.54) is 23.3 Å². The summed E-state index contributed by atoms with van der Waals surface area (Å²) < 4.78 is 3.66. The zero-order chi connectivity index (χ0) is 18.4. The van der Waals surface area contributed by atoms with Crippen molar-refractivity contribution < 1.29 is 0 Å². The summed E-state index contributed by atoms with van der Waals surface area (Å²) in [5, 5.41) is 8.71. The van der Waals surface area contributed by atoms with Crippen LogP contribution in [0.4, 0.5) is 5.95 Å². The third kappa shape index (κ3) is 2.65. The first-order valence-corrected chi connectivity index (χ1v) is 10.1. The lowest BCUT2D eigenvalue weighted by Gasteiger charge is -2.13. The summed E-state index contributed by atoms with van der Waals surface area (Å²) in [4.78, 5) is 20.2. The molecule has 0 aliphatic heterocycles. The van der Waals surface area contributed by atoms with E-state index in [4.69, 9.17) is 4.98 Å². The Hall–Kier alpha value is -2.15. The second-order valence-electron chi connectivity index (χ2n) is 7.00. The molecule has 0 fully saturated rings. The van der Waals surface area contributed by atoms with Crippen molar-refractivity contribution in [1.29, 1.82) is 0 Å². The van der Waals surface area contributed by atoms with Crippen LogP contribution in [0.2, 0.25) is 0 Å². The number of anilines is 1. The van der Waals surface area contributed by atoms with Gasteiger partial charge < -0.3 is 5.32 Å². The minimum absolute atomic E-state index is 0.0963. The Balaban J connectivity index is 1.76. The molecule has 3 aromatic rings. The third-order valence-electron chi connectivity index (χ3n) is 5.47. The molecular formula is C19H25N5OS. The van der Waals surface area contributed by atoms with Gasteiger partial charge in [0.15, 0.2) is 0 Å². The molecule has 1 aliphatic carbocycles. The Kier molecular flexibility index (Phi) is 4.34. The molecule has 0 unspecified atom stereocenters. The summed E-state index contributed by atoms with van der Waals surface area (Å²) in [5.41, 5.74) is 4.65. The van der Waals surface area contributed by atoms with Crippen LogP contribution in [-0.4, -0.2) is 19.3 Å². The summed E-state index contributed by atoms with van der Waals surface area (Å²) in [7, 11) is 1.95. The predicted octanol–water partition coefficient (Wildman–Crippen LogP) is 3.32. The topological polar surface area (TPSA) is 64.7 Å². The Labute approximate surface area is 156 Å². The summed E-state index contributed by atoms with van der Waals surface area (Å²) in [6.45, 7) is 7.31. The van der Waals surface area contributed by atoms with Crippen molar-refractivity contribution in [2.24, 2.45) is 7.05 Å². The number of hydrogen-bond donors (Lipinski definition) is 1. The summed E-state index contributed by atoms with van der Waals surface area (Å²) in [6, 6.07) is 0. The fraction of sp³-hybridized carbons (Fsp3) is 0.526. The van der Waals surface area contributed by atoms with Gasteiger partial charge in [-0.15, -0.1) is 11.3 Å². The summed E-state index contributed by atoms with van der Waals surface area (Å²) >= 11 is 1.70. The number of thiophene rings is 1. The van der Waals surface area contributed by atoms with Crippen LogP contribution in [0.25, 0.3) is 10.2 Å². The Bertz CT molecular complexity index is 1040. The van der Waals surface area contributed by atoms with Gasteiger partial charge >= 0.3 is 0 Å². The van der Waals surface area contributed by atoms with Crippen LogP contribution in [0.15, 0.2) is 4.79 Å². The largest absolute Gasteiger partial charge is 0.351 e. The van der Waals surface area contributed by atoms with Crippen molar-refractivity contribution in [2.75, 3.05) is 5.32 Å². The van der Waals surface area contributed by atoms with Crippen LogP contribution >= 0.6 is 11.3 Å². The van der Waals surface area contributed by atoms with E-state index in [1.807, 2.05) is 25.6 Å². The minimum Gasteiger partial charge on any atom is -0.351 e. The van der Waals surface area contributed by atoms with Crippen LogP contribution in [0.5, 0.6) is 0 Å². The van der Waals surface area contributed by atoms with E-state index < -0.39 is 0 Å². The zero-order valence-corrected chi connectivity index (χ0v) is 16.7. The monoisotopic (exact) mass is 371 g/mol. The van der Waals surface area contributed by atoms with Crippen LogP contribution in [0.3, 0.4) is 0 Å². The lowest BCUT2D eigenvalue weighted by Crippen LogP contribution is -2.25. The Morgan fingerprint density at radius 3 is 2.69 bits per heavy atom. The molecular weight excluding hydrogens is 346 g/mol. The molecule has 1 aliphatic rings. The molecule has 4 rings (SSSR count). The summed E-state index contributed by atoms with van der Waals surface area (Å²) in [5.74, 6) is 0.659. The van der Waals surface area contributed by atoms with E-state index in [1.54, 1.807) is 15.9 Å². The molecule has 6 nitrogen and oxygen atoms in total. The third-order valence-corrected chi connectivity index (χ3v) is 6.66. The molecule has 138 valence electrons. The first-order valence-electron chi connectivity index (χ1n) is 9.29. The molecule has 0 amide bonds. The van der Waals surface area contributed by atoms with Crippen molar-refractivity contribution in [3.8, 4) is 0 Å². The first kappa shape index (κ1) is 17.3. The average molecular weight is 372 g/mol. The van der Waals surface area contributed by atoms with E-state index in [0.717, 1.165) is 40.0 Å². The molecule has 26 heavy (non-hydrogen) atoms. The lowest BCUT2D eigenvalue weighted by molar-refractivity contribution is 0.695. The number of nitrogens with zero attached hydrogens (tertiary/aromatic N) is 4. The number of rotatable bonds is 4. The number of hydrogen-bond acceptors (Lipinski definition) is 5. The van der Waals surface area contributed by atoms with Crippen LogP contribution in [-0.2, 0) is 33.0 Å². The van der Waals surface area contributed by atoms with Gasteiger partial charge in [-0.2, -0.15) is 5.10 Å². The highest BCUT2D eigenvalue weighted by atomic mass is 32.1. The highest BCUT2D eigenvalue weighted by Crippen LogP contribution is 2.34. The van der Waals surface area contributed by atoms with Gasteiger partial charge in [-0.25, -0.2) is 4.98 Å². The quantitative estimate of drug-likeness (QED) is 0.764. The van der Waals surface area contributed by atoms with E-state index in [0.29, 0.717) is 19.0 Å². The van der Waals surface area contributed by atoms with Crippen molar-refractivity contribution in [3.63, 3.8) is 0 Å². The average Bonchev–Trinajstić information content (AvgIpc) is 3.10. The normalized spacial score (nSPS) is 14.0. The molecule has 0 atom stereocenters. The van der Waals surface area contributed by atoms with E-state index in [2.05, 4.69) is 17.3 Å². The van der Waals surface area contributed by atoms with E-state index in [9.17, 15) is 4.79 Å². The number of aromatic nitrogens is 4. The number of aryl methyl sites for hydroxylation is 4. The van der Waals surface area contributed by atoms with Crippen LogP contribution in [0.1, 0.15) is 47.2 Å². The van der Waals surface area contributed by atoms with Crippen molar-refractivity contribution in [2.45, 2.75) is 59.5 Å². The van der Waals surface area contributed by atoms with Crippen LogP contribution < -0.4 is 10.9 Å². The van der Waals surface area contributed by atoms with Gasteiger partial charge in [-0.05, 0) is 52.0 Å². The molecule has 3 aromatic heterocycles. The van der Waals surface area contributed by atoms with Crippen molar-refractivity contribution in [1.82, 2.24) is 19.3 Å². The van der Waals surface area contributed by atoms with Gasteiger partial charge in [-0.1, -0.05) is 0 Å². The second kappa shape index (κ2) is 6.54. The minimum atomic E-state index is 0.0963. The highest BCUT2D eigenvalue weighted by molar-refractivity contribution is 7.18. The fourth-order valence-corrected chi connectivity index (χ4v) is 5.16. The maximum Gasteiger partial charge on any atom is 0.263 e.